The number of nitrogens with zero attached hydrogens (tertiary/aromatic N) is 1. The summed E-state index contributed by atoms with van der Waals surface area (Å²) in [4.78, 5) is 25.4. The van der Waals surface area contributed by atoms with Gasteiger partial charge in [0.05, 0.1) is 92.5 Å². The molecule has 8 atom stereocenters. The molecule has 0 spiro atoms. The van der Waals surface area contributed by atoms with Crippen molar-refractivity contribution < 1.29 is 52.6 Å². The number of alkyl carbamates (subject to hydrolysis) is 1. The number of ether oxygens (including phenoxy) is 8. The van der Waals surface area contributed by atoms with Crippen LogP contribution >= 0.6 is 0 Å². The quantitative estimate of drug-likeness (QED) is 0.0527. The Kier molecular flexibility index (Phi) is 22.8. The number of hydrogen-bond acceptors (Lipinski definition) is 10. The summed E-state index contributed by atoms with van der Waals surface area (Å²) in [5.41, 5.74) is 1.83. The van der Waals surface area contributed by atoms with Crippen LogP contribution in [0.2, 0.25) is 0 Å². The highest BCUT2D eigenvalue weighted by Gasteiger charge is 2.59. The Bertz CT molecular complexity index is 1320. The zero-order valence-electron chi connectivity index (χ0n) is 40.2. The minimum absolute atomic E-state index is 0.0547. The molecule has 0 aromatic carbocycles. The van der Waals surface area contributed by atoms with Gasteiger partial charge in [0, 0.05) is 25.0 Å². The minimum Gasteiger partial charge on any atom is -0.465 e. The first-order valence-corrected chi connectivity index (χ1v) is 24.4. The summed E-state index contributed by atoms with van der Waals surface area (Å²) in [6, 6.07) is 0. The largest absolute Gasteiger partial charge is 0.465 e. The maximum Gasteiger partial charge on any atom is 0.407 e. The van der Waals surface area contributed by atoms with E-state index in [0.29, 0.717) is 111 Å². The molecule has 13 nitrogen and oxygen atoms in total. The molecular weight excluding hydrogens is 793 g/mol. The Morgan fingerprint density at radius 2 is 1.29 bits per heavy atom. The van der Waals surface area contributed by atoms with Crippen molar-refractivity contribution in [3.63, 3.8) is 0 Å². The van der Waals surface area contributed by atoms with Crippen LogP contribution < -0.4 is 5.32 Å². The van der Waals surface area contributed by atoms with Crippen LogP contribution in [0.1, 0.15) is 126 Å². The van der Waals surface area contributed by atoms with Crippen molar-refractivity contribution in [2.45, 2.75) is 138 Å². The number of nitrogens with one attached hydrogen (secondary N) is 1. The van der Waals surface area contributed by atoms with Crippen molar-refractivity contribution in [1.82, 2.24) is 10.2 Å². The number of allylic oxidation sites excluding steroid dienone is 1. The van der Waals surface area contributed by atoms with E-state index in [9.17, 15) is 14.7 Å². The van der Waals surface area contributed by atoms with Gasteiger partial charge in [-0.3, -0.25) is 0 Å². The average molecular weight is 881 g/mol. The molecule has 0 saturated heterocycles. The molecule has 4 aliphatic rings. The Morgan fingerprint density at radius 3 is 1.82 bits per heavy atom. The fourth-order valence-corrected chi connectivity index (χ4v) is 11.5. The highest BCUT2D eigenvalue weighted by Crippen LogP contribution is 2.67. The van der Waals surface area contributed by atoms with Crippen molar-refractivity contribution in [3.05, 3.63) is 11.6 Å². The number of amides is 2. The molecule has 0 bridgehead atoms. The Morgan fingerprint density at radius 1 is 0.742 bits per heavy atom. The second-order valence-electron chi connectivity index (χ2n) is 20.4. The van der Waals surface area contributed by atoms with E-state index < -0.39 is 11.6 Å². The number of carboxylic acid groups (broad SMARTS) is 1. The highest BCUT2D eigenvalue weighted by atomic mass is 16.6. The fourth-order valence-electron chi connectivity index (χ4n) is 11.5. The molecule has 0 aliphatic heterocycles. The third-order valence-corrected chi connectivity index (χ3v) is 14.8. The molecule has 0 radical (unpaired) electrons. The Labute approximate surface area is 375 Å². The van der Waals surface area contributed by atoms with E-state index in [0.717, 1.165) is 54.8 Å². The summed E-state index contributed by atoms with van der Waals surface area (Å²) >= 11 is 0. The van der Waals surface area contributed by atoms with Crippen LogP contribution in [0.5, 0.6) is 0 Å². The molecule has 4 rings (SSSR count). The molecule has 3 saturated carbocycles. The van der Waals surface area contributed by atoms with E-state index >= 15 is 0 Å². The van der Waals surface area contributed by atoms with Crippen molar-refractivity contribution in [2.24, 2.45) is 46.3 Å². The number of hydrogen-bond donors (Lipinski definition) is 2. The van der Waals surface area contributed by atoms with Gasteiger partial charge in [-0.1, -0.05) is 65.5 Å². The SMILES string of the molecule is CC(C)CCC[C@@H](C)[C@H]1CC[C@H]2[C@@H]3CC=C4C[C@@H](OC(=O)NCCOCCOCCOCCOCCOCCOCCOCCN(C(=O)O)C(C)(C)C)CC[C@]4(C)[C@H]3CC[C@]12C. The lowest BCUT2D eigenvalue weighted by molar-refractivity contribution is -0.0581. The van der Waals surface area contributed by atoms with Gasteiger partial charge in [0.15, 0.2) is 0 Å². The number of carbonyl (C=O) groups is 2. The molecule has 0 aromatic heterocycles. The van der Waals surface area contributed by atoms with Gasteiger partial charge >= 0.3 is 12.2 Å². The predicted molar refractivity (Wildman–Crippen MR) is 242 cm³/mol. The van der Waals surface area contributed by atoms with Gasteiger partial charge in [-0.05, 0) is 112 Å². The number of rotatable bonds is 30. The zero-order chi connectivity index (χ0) is 45.0. The Balaban J connectivity index is 0.925. The lowest BCUT2D eigenvalue weighted by atomic mass is 9.47. The zero-order valence-corrected chi connectivity index (χ0v) is 40.2. The van der Waals surface area contributed by atoms with Crippen LogP contribution in [-0.2, 0) is 37.9 Å². The fraction of sp³-hybridized carbons (Fsp3) is 0.918. The third kappa shape index (κ3) is 16.5. The van der Waals surface area contributed by atoms with Crippen LogP contribution in [0, 0.1) is 46.3 Å². The summed E-state index contributed by atoms with van der Waals surface area (Å²) in [5, 5.41) is 12.2. The van der Waals surface area contributed by atoms with Crippen LogP contribution in [-0.4, -0.2) is 139 Å². The van der Waals surface area contributed by atoms with E-state index in [1.54, 1.807) is 5.57 Å². The van der Waals surface area contributed by atoms with Gasteiger partial charge in [0.2, 0.25) is 0 Å². The first kappa shape index (κ1) is 52.6. The van der Waals surface area contributed by atoms with E-state index in [4.69, 9.17) is 37.9 Å². The molecule has 62 heavy (non-hydrogen) atoms. The van der Waals surface area contributed by atoms with Gasteiger partial charge in [-0.2, -0.15) is 0 Å². The second kappa shape index (κ2) is 26.8. The summed E-state index contributed by atoms with van der Waals surface area (Å²) in [5.74, 6) is 4.96. The van der Waals surface area contributed by atoms with E-state index in [-0.39, 0.29) is 17.6 Å². The summed E-state index contributed by atoms with van der Waals surface area (Å²) in [7, 11) is 0. The van der Waals surface area contributed by atoms with Gasteiger partial charge in [-0.25, -0.2) is 9.59 Å². The van der Waals surface area contributed by atoms with Gasteiger partial charge in [-0.15, -0.1) is 0 Å². The summed E-state index contributed by atoms with van der Waals surface area (Å²) < 4.78 is 44.7. The molecule has 3 fully saturated rings. The van der Waals surface area contributed by atoms with Gasteiger partial charge in [0.25, 0.3) is 0 Å². The first-order chi connectivity index (χ1) is 29.7. The van der Waals surface area contributed by atoms with Crippen LogP contribution in [0.25, 0.3) is 0 Å². The molecule has 0 aromatic rings. The lowest BCUT2D eigenvalue weighted by Crippen LogP contribution is -2.51. The van der Waals surface area contributed by atoms with E-state index in [1.165, 1.54) is 56.3 Å². The van der Waals surface area contributed by atoms with Crippen LogP contribution in [0.4, 0.5) is 9.59 Å². The molecule has 360 valence electrons. The smallest absolute Gasteiger partial charge is 0.407 e. The van der Waals surface area contributed by atoms with E-state index in [1.807, 2.05) is 20.8 Å². The minimum atomic E-state index is -0.952. The maximum absolute atomic E-state index is 12.7. The second-order valence-corrected chi connectivity index (χ2v) is 20.4. The van der Waals surface area contributed by atoms with Crippen LogP contribution in [0.3, 0.4) is 0 Å². The standard InChI is InChI=1S/C49H88N2O11/c1-37(2)10-9-11-38(3)42-14-15-43-41-13-12-39-36-40(16-18-48(39,7)44(41)17-19-49(42,43)8)62-45(52)50-20-22-55-24-26-57-28-30-59-32-34-61-35-33-60-31-29-58-27-25-56-23-21-51(46(53)54)47(4,5)6/h12,37-38,40-44H,9-11,13-36H2,1-8H3,(H,50,52)(H,53,54)/t38-,40+,41+,42-,43+,44+,48+,49-/m1/s1. The average Bonchev–Trinajstić information content (AvgIpc) is 3.57. The van der Waals surface area contributed by atoms with Crippen molar-refractivity contribution >= 4 is 12.2 Å². The first-order valence-electron chi connectivity index (χ1n) is 24.4. The van der Waals surface area contributed by atoms with Gasteiger partial charge in [0.1, 0.15) is 6.10 Å². The van der Waals surface area contributed by atoms with Crippen molar-refractivity contribution in [1.29, 1.82) is 0 Å². The predicted octanol–water partition coefficient (Wildman–Crippen LogP) is 9.02. The van der Waals surface area contributed by atoms with Gasteiger partial charge < -0.3 is 53.2 Å². The Hall–Kier alpha value is -2.00. The summed E-state index contributed by atoms with van der Waals surface area (Å²) in [6.45, 7) is 25.0. The molecular formula is C49H88N2O11. The summed E-state index contributed by atoms with van der Waals surface area (Å²) in [6.07, 6.45) is 15.1. The molecule has 4 aliphatic carbocycles. The molecule has 0 heterocycles. The topological polar surface area (TPSA) is 143 Å². The highest BCUT2D eigenvalue weighted by molar-refractivity contribution is 5.67. The number of carbonyl (C=O) groups excluding carboxylic acids is 1. The molecule has 13 heteroatoms. The number of fused-ring (bicyclic) bond motifs is 5. The maximum atomic E-state index is 12.7. The molecule has 2 N–H and O–H groups in total. The van der Waals surface area contributed by atoms with Crippen molar-refractivity contribution in [3.8, 4) is 0 Å². The molecule has 2 amide bonds. The van der Waals surface area contributed by atoms with Crippen molar-refractivity contribution in [2.75, 3.05) is 106 Å². The normalized spacial score (nSPS) is 27.6. The lowest BCUT2D eigenvalue weighted by Gasteiger charge is -2.58. The molecule has 0 unspecified atom stereocenters. The third-order valence-electron chi connectivity index (χ3n) is 14.8. The monoisotopic (exact) mass is 881 g/mol. The van der Waals surface area contributed by atoms with Crippen LogP contribution in [0.15, 0.2) is 11.6 Å². The van der Waals surface area contributed by atoms with E-state index in [2.05, 4.69) is 46.0 Å².